The van der Waals surface area contributed by atoms with Gasteiger partial charge in [-0.2, -0.15) is 4.31 Å². The van der Waals surface area contributed by atoms with Gasteiger partial charge in [-0.3, -0.25) is 0 Å². The average molecular weight is 485 g/mol. The van der Waals surface area contributed by atoms with E-state index in [1.165, 1.54) is 4.31 Å². The van der Waals surface area contributed by atoms with Crippen molar-refractivity contribution in [3.63, 3.8) is 0 Å². The molecule has 0 amide bonds. The standard InChI is InChI=1S/C28H24N2O4S/c1-18(2)35(33,34)30-16-23-9-7-19(14-24(23)17-30)6-8-21-4-3-5-25(28(31)32)27(21)22-11-10-20-12-13-29-26(20)15-22/h3-5,7,9-15,18,29H,16-17H2,1-2H3,(H,31,32). The molecule has 2 heterocycles. The number of hydrogen-bond donors (Lipinski definition) is 2. The number of sulfonamides is 1. The highest BCUT2D eigenvalue weighted by Crippen LogP contribution is 2.31. The predicted molar refractivity (Wildman–Crippen MR) is 136 cm³/mol. The van der Waals surface area contributed by atoms with Crippen LogP contribution in [0.2, 0.25) is 0 Å². The Morgan fingerprint density at radius 3 is 2.57 bits per heavy atom. The molecule has 0 atom stereocenters. The number of hydrogen-bond acceptors (Lipinski definition) is 3. The molecule has 3 aromatic carbocycles. The molecule has 1 aromatic heterocycles. The summed E-state index contributed by atoms with van der Waals surface area (Å²) in [6.07, 6.45) is 1.85. The third kappa shape index (κ3) is 4.23. The number of nitrogens with zero attached hydrogens (tertiary/aromatic N) is 1. The predicted octanol–water partition coefficient (Wildman–Crippen LogP) is 4.99. The van der Waals surface area contributed by atoms with E-state index in [1.54, 1.807) is 26.0 Å². The van der Waals surface area contributed by atoms with E-state index >= 15 is 0 Å². The number of carbonyl (C=O) groups is 1. The van der Waals surface area contributed by atoms with Gasteiger partial charge in [-0.1, -0.05) is 36.1 Å². The van der Waals surface area contributed by atoms with Gasteiger partial charge in [0.1, 0.15) is 0 Å². The summed E-state index contributed by atoms with van der Waals surface area (Å²) in [5.74, 6) is 5.30. The largest absolute Gasteiger partial charge is 0.478 e. The molecule has 0 radical (unpaired) electrons. The first-order valence-corrected chi connectivity index (χ1v) is 12.8. The molecule has 1 aliphatic heterocycles. The normalized spacial score (nSPS) is 13.6. The Kier molecular flexibility index (Phi) is 5.72. The minimum absolute atomic E-state index is 0.186. The maximum Gasteiger partial charge on any atom is 0.336 e. The van der Waals surface area contributed by atoms with Crippen molar-refractivity contribution in [3.05, 3.63) is 94.7 Å². The molecule has 35 heavy (non-hydrogen) atoms. The zero-order chi connectivity index (χ0) is 24.7. The van der Waals surface area contributed by atoms with E-state index in [0.717, 1.165) is 33.2 Å². The molecule has 0 fully saturated rings. The summed E-state index contributed by atoms with van der Waals surface area (Å²) in [5.41, 5.74) is 5.72. The summed E-state index contributed by atoms with van der Waals surface area (Å²) in [6.45, 7) is 4.08. The number of aromatic nitrogens is 1. The zero-order valence-electron chi connectivity index (χ0n) is 19.4. The second-order valence-corrected chi connectivity index (χ2v) is 11.4. The zero-order valence-corrected chi connectivity index (χ0v) is 20.2. The average Bonchev–Trinajstić information content (AvgIpc) is 3.48. The van der Waals surface area contributed by atoms with Crippen LogP contribution in [0, 0.1) is 11.8 Å². The molecule has 0 saturated carbocycles. The van der Waals surface area contributed by atoms with E-state index in [-0.39, 0.29) is 5.56 Å². The number of benzene rings is 3. The number of fused-ring (bicyclic) bond motifs is 2. The molecule has 1 aliphatic rings. The van der Waals surface area contributed by atoms with Gasteiger partial charge in [0.25, 0.3) is 0 Å². The second-order valence-electron chi connectivity index (χ2n) is 8.91. The minimum Gasteiger partial charge on any atom is -0.478 e. The van der Waals surface area contributed by atoms with Crippen LogP contribution in [0.25, 0.3) is 22.0 Å². The van der Waals surface area contributed by atoms with E-state index in [1.807, 2.05) is 54.7 Å². The first-order valence-electron chi connectivity index (χ1n) is 11.3. The van der Waals surface area contributed by atoms with Gasteiger partial charge in [0.05, 0.1) is 10.8 Å². The maximum absolute atomic E-state index is 12.6. The minimum atomic E-state index is -3.33. The molecule has 2 N–H and O–H groups in total. The summed E-state index contributed by atoms with van der Waals surface area (Å²) in [5, 5.41) is 10.4. The Balaban J connectivity index is 1.53. The number of H-pyrrole nitrogens is 1. The van der Waals surface area contributed by atoms with Crippen LogP contribution in [0.4, 0.5) is 0 Å². The molecule has 7 heteroatoms. The van der Waals surface area contributed by atoms with Crippen LogP contribution in [-0.4, -0.2) is 34.0 Å². The Labute approximate surface area is 204 Å². The van der Waals surface area contributed by atoms with Crippen LogP contribution in [0.3, 0.4) is 0 Å². The maximum atomic E-state index is 12.6. The van der Waals surface area contributed by atoms with Crippen LogP contribution in [0.5, 0.6) is 0 Å². The fourth-order valence-corrected chi connectivity index (χ4v) is 5.64. The molecule has 176 valence electrons. The molecular formula is C28H24N2O4S. The molecule has 0 spiro atoms. The summed E-state index contributed by atoms with van der Waals surface area (Å²) in [4.78, 5) is 15.2. The smallest absolute Gasteiger partial charge is 0.336 e. The van der Waals surface area contributed by atoms with Crippen molar-refractivity contribution in [1.82, 2.24) is 9.29 Å². The van der Waals surface area contributed by atoms with Gasteiger partial charge < -0.3 is 10.1 Å². The topological polar surface area (TPSA) is 90.5 Å². The Morgan fingerprint density at radius 2 is 1.80 bits per heavy atom. The lowest BCUT2D eigenvalue weighted by Gasteiger charge is -2.18. The molecular weight excluding hydrogens is 460 g/mol. The number of aromatic carboxylic acids is 1. The SMILES string of the molecule is CC(C)S(=O)(=O)N1Cc2ccc(C#Cc3cccc(C(=O)O)c3-c3ccc4cc[nH]c4c3)cc2C1. The molecule has 0 aliphatic carbocycles. The number of aromatic amines is 1. The lowest BCUT2D eigenvalue weighted by Crippen LogP contribution is -2.32. The van der Waals surface area contributed by atoms with E-state index in [2.05, 4.69) is 16.8 Å². The lowest BCUT2D eigenvalue weighted by molar-refractivity contribution is 0.0697. The first-order chi connectivity index (χ1) is 16.7. The van der Waals surface area contributed by atoms with Crippen molar-refractivity contribution >= 4 is 26.9 Å². The van der Waals surface area contributed by atoms with Gasteiger partial charge in [-0.25, -0.2) is 13.2 Å². The molecule has 0 unspecified atom stereocenters. The van der Waals surface area contributed by atoms with Gasteiger partial charge in [0, 0.05) is 41.5 Å². The Bertz CT molecular complexity index is 1640. The summed E-state index contributed by atoms with van der Waals surface area (Å²) < 4.78 is 26.6. The van der Waals surface area contributed by atoms with Gasteiger partial charge in [0.2, 0.25) is 10.0 Å². The molecule has 6 nitrogen and oxygen atoms in total. The van der Waals surface area contributed by atoms with Crippen LogP contribution >= 0.6 is 0 Å². The van der Waals surface area contributed by atoms with Gasteiger partial charge in [0.15, 0.2) is 0 Å². The third-order valence-electron chi connectivity index (χ3n) is 6.34. The molecule has 0 bridgehead atoms. The Morgan fingerprint density at radius 1 is 1.00 bits per heavy atom. The summed E-state index contributed by atoms with van der Waals surface area (Å²) in [7, 11) is -3.33. The van der Waals surface area contributed by atoms with Crippen molar-refractivity contribution < 1.29 is 18.3 Å². The molecule has 5 rings (SSSR count). The Hall–Kier alpha value is -3.86. The summed E-state index contributed by atoms with van der Waals surface area (Å²) >= 11 is 0. The van der Waals surface area contributed by atoms with Crippen LogP contribution in [0.15, 0.2) is 66.9 Å². The van der Waals surface area contributed by atoms with Gasteiger partial charge in [-0.05, 0) is 72.3 Å². The second kappa shape index (κ2) is 8.73. The number of carboxylic acids is 1. The highest BCUT2D eigenvalue weighted by atomic mass is 32.2. The van der Waals surface area contributed by atoms with Crippen molar-refractivity contribution in [2.24, 2.45) is 0 Å². The molecule has 0 saturated heterocycles. The van der Waals surface area contributed by atoms with Crippen LogP contribution in [0.1, 0.15) is 46.5 Å². The fourth-order valence-electron chi connectivity index (χ4n) is 4.41. The first kappa shape index (κ1) is 22.9. The van der Waals surface area contributed by atoms with Crippen LogP contribution < -0.4 is 0 Å². The van der Waals surface area contributed by atoms with E-state index in [0.29, 0.717) is 24.2 Å². The van der Waals surface area contributed by atoms with E-state index < -0.39 is 21.2 Å². The highest BCUT2D eigenvalue weighted by Gasteiger charge is 2.31. The monoisotopic (exact) mass is 484 g/mol. The van der Waals surface area contributed by atoms with Gasteiger partial charge >= 0.3 is 5.97 Å². The quantitative estimate of drug-likeness (QED) is 0.400. The number of nitrogens with one attached hydrogen (secondary N) is 1. The van der Waals surface area contributed by atoms with Crippen molar-refractivity contribution in [2.75, 3.05) is 0 Å². The lowest BCUT2D eigenvalue weighted by atomic mass is 9.93. The number of rotatable bonds is 4. The van der Waals surface area contributed by atoms with Crippen LogP contribution in [-0.2, 0) is 23.1 Å². The van der Waals surface area contributed by atoms with Crippen molar-refractivity contribution in [1.29, 1.82) is 0 Å². The van der Waals surface area contributed by atoms with Gasteiger partial charge in [-0.15, -0.1) is 0 Å². The fraction of sp³-hybridized carbons (Fsp3) is 0.179. The molecule has 4 aromatic rings. The summed E-state index contributed by atoms with van der Waals surface area (Å²) in [6, 6.07) is 18.6. The van der Waals surface area contributed by atoms with E-state index in [4.69, 9.17) is 0 Å². The number of carboxylic acid groups (broad SMARTS) is 1. The van der Waals surface area contributed by atoms with Crippen molar-refractivity contribution in [3.8, 4) is 23.0 Å². The third-order valence-corrected chi connectivity index (χ3v) is 8.50. The van der Waals surface area contributed by atoms with E-state index in [9.17, 15) is 18.3 Å². The highest BCUT2D eigenvalue weighted by molar-refractivity contribution is 7.89. The van der Waals surface area contributed by atoms with Crippen molar-refractivity contribution in [2.45, 2.75) is 32.2 Å².